The maximum atomic E-state index is 12.7. The summed E-state index contributed by atoms with van der Waals surface area (Å²) in [5.74, 6) is 2.26. The standard InChI is InChI=1S/C24H26Cl2N4O2S/c1-32-19-9-5-6-16(12-19)15-33-24-29-28-22(14-27-23(31)17-7-3-2-4-8-17)30(24)21-11-10-18(25)13-20(21)26/h5-6,9-13,17H,2-4,7-8,14-15H2,1H3,(H,27,31). The predicted molar refractivity (Wildman–Crippen MR) is 132 cm³/mol. The first-order valence-electron chi connectivity index (χ1n) is 11.0. The van der Waals surface area contributed by atoms with Gasteiger partial charge in [-0.3, -0.25) is 9.36 Å². The number of halogens is 2. The van der Waals surface area contributed by atoms with Crippen LogP contribution in [0.15, 0.2) is 47.6 Å². The van der Waals surface area contributed by atoms with Crippen LogP contribution < -0.4 is 10.1 Å². The fourth-order valence-corrected chi connectivity index (χ4v) is 5.40. The molecule has 0 bridgehead atoms. The molecule has 0 saturated heterocycles. The van der Waals surface area contributed by atoms with Crippen molar-refractivity contribution in [1.82, 2.24) is 20.1 Å². The Kier molecular flexibility index (Phi) is 8.17. The fourth-order valence-electron chi connectivity index (χ4n) is 4.00. The van der Waals surface area contributed by atoms with Gasteiger partial charge < -0.3 is 10.1 Å². The average Bonchev–Trinajstić information content (AvgIpc) is 3.24. The number of nitrogens with one attached hydrogen (secondary N) is 1. The number of hydrogen-bond donors (Lipinski definition) is 1. The lowest BCUT2D eigenvalue weighted by Gasteiger charge is -2.20. The Morgan fingerprint density at radius 3 is 2.73 bits per heavy atom. The van der Waals surface area contributed by atoms with Gasteiger partial charge in [-0.15, -0.1) is 10.2 Å². The van der Waals surface area contributed by atoms with E-state index in [1.165, 1.54) is 18.2 Å². The van der Waals surface area contributed by atoms with Gasteiger partial charge in [-0.25, -0.2) is 0 Å². The molecule has 0 aliphatic heterocycles. The smallest absolute Gasteiger partial charge is 0.223 e. The first kappa shape index (κ1) is 23.9. The van der Waals surface area contributed by atoms with Gasteiger partial charge in [0, 0.05) is 16.7 Å². The maximum absolute atomic E-state index is 12.7. The summed E-state index contributed by atoms with van der Waals surface area (Å²) in [5.41, 5.74) is 1.82. The molecule has 33 heavy (non-hydrogen) atoms. The molecule has 1 aliphatic rings. The van der Waals surface area contributed by atoms with Crippen molar-refractivity contribution in [2.45, 2.75) is 49.6 Å². The summed E-state index contributed by atoms with van der Waals surface area (Å²) < 4.78 is 7.22. The number of thioether (sulfide) groups is 1. The van der Waals surface area contributed by atoms with Crippen LogP contribution in [0.5, 0.6) is 5.75 Å². The topological polar surface area (TPSA) is 69.0 Å². The monoisotopic (exact) mass is 504 g/mol. The number of nitrogens with zero attached hydrogens (tertiary/aromatic N) is 3. The third kappa shape index (κ3) is 6.02. The SMILES string of the molecule is COc1cccc(CSc2nnc(CNC(=O)C3CCCCC3)n2-c2ccc(Cl)cc2Cl)c1. The van der Waals surface area contributed by atoms with Crippen LogP contribution in [0, 0.1) is 5.92 Å². The van der Waals surface area contributed by atoms with Gasteiger partial charge in [-0.1, -0.05) is 66.4 Å². The van der Waals surface area contributed by atoms with Crippen LogP contribution in [0.4, 0.5) is 0 Å². The van der Waals surface area contributed by atoms with Crippen LogP contribution in [-0.4, -0.2) is 27.8 Å². The Morgan fingerprint density at radius 1 is 1.15 bits per heavy atom. The molecular formula is C24H26Cl2N4O2S. The van der Waals surface area contributed by atoms with Crippen LogP contribution in [0.1, 0.15) is 43.5 Å². The molecule has 1 amide bonds. The Labute approximate surface area is 208 Å². The van der Waals surface area contributed by atoms with Crippen molar-refractivity contribution < 1.29 is 9.53 Å². The third-order valence-electron chi connectivity index (χ3n) is 5.75. The Bertz CT molecular complexity index is 1120. The van der Waals surface area contributed by atoms with Gasteiger partial charge in [0.1, 0.15) is 5.75 Å². The van der Waals surface area contributed by atoms with Crippen LogP contribution in [0.2, 0.25) is 10.0 Å². The van der Waals surface area contributed by atoms with Crippen LogP contribution in [-0.2, 0) is 17.1 Å². The molecule has 9 heteroatoms. The minimum absolute atomic E-state index is 0.0798. The van der Waals surface area contributed by atoms with E-state index in [1.807, 2.05) is 34.9 Å². The highest BCUT2D eigenvalue weighted by molar-refractivity contribution is 7.98. The van der Waals surface area contributed by atoms with Gasteiger partial charge in [0.25, 0.3) is 0 Å². The van der Waals surface area contributed by atoms with Crippen molar-refractivity contribution in [2.75, 3.05) is 7.11 Å². The molecule has 3 aromatic rings. The van der Waals surface area contributed by atoms with Crippen molar-refractivity contribution in [2.24, 2.45) is 5.92 Å². The summed E-state index contributed by atoms with van der Waals surface area (Å²) in [5, 5.41) is 13.6. The van der Waals surface area contributed by atoms with Crippen LogP contribution in [0.3, 0.4) is 0 Å². The highest BCUT2D eigenvalue weighted by Gasteiger charge is 2.23. The summed E-state index contributed by atoms with van der Waals surface area (Å²) in [6, 6.07) is 13.2. The van der Waals surface area contributed by atoms with Gasteiger partial charge in [0.15, 0.2) is 11.0 Å². The average molecular weight is 505 g/mol. The number of hydrogen-bond acceptors (Lipinski definition) is 5. The molecule has 1 N–H and O–H groups in total. The van der Waals surface area contributed by atoms with E-state index in [4.69, 9.17) is 27.9 Å². The minimum atomic E-state index is 0.0798. The summed E-state index contributed by atoms with van der Waals surface area (Å²) in [7, 11) is 1.65. The van der Waals surface area contributed by atoms with Crippen molar-refractivity contribution in [3.8, 4) is 11.4 Å². The van der Waals surface area contributed by atoms with E-state index in [0.717, 1.165) is 42.7 Å². The fraction of sp³-hybridized carbons (Fsp3) is 0.375. The largest absolute Gasteiger partial charge is 0.497 e. The summed E-state index contributed by atoms with van der Waals surface area (Å²) in [4.78, 5) is 12.7. The molecule has 1 heterocycles. The molecule has 1 fully saturated rings. The van der Waals surface area contributed by atoms with Gasteiger partial charge in [0.2, 0.25) is 5.91 Å². The van der Waals surface area contributed by atoms with Crippen LogP contribution in [0.25, 0.3) is 5.69 Å². The quantitative estimate of drug-likeness (QED) is 0.377. The van der Waals surface area contributed by atoms with Gasteiger partial charge in [0.05, 0.1) is 24.4 Å². The van der Waals surface area contributed by atoms with Gasteiger partial charge >= 0.3 is 0 Å². The zero-order valence-corrected chi connectivity index (χ0v) is 20.7. The van der Waals surface area contributed by atoms with E-state index in [2.05, 4.69) is 15.5 Å². The lowest BCUT2D eigenvalue weighted by atomic mass is 9.89. The molecule has 0 unspecified atom stereocenters. The van der Waals surface area contributed by atoms with E-state index in [-0.39, 0.29) is 18.4 Å². The highest BCUT2D eigenvalue weighted by Crippen LogP contribution is 2.31. The number of rotatable bonds is 8. The number of aromatic nitrogens is 3. The van der Waals surface area contributed by atoms with Crippen LogP contribution >= 0.6 is 35.0 Å². The first-order chi connectivity index (χ1) is 16.0. The maximum Gasteiger partial charge on any atom is 0.223 e. The minimum Gasteiger partial charge on any atom is -0.497 e. The molecule has 2 aromatic carbocycles. The molecule has 4 rings (SSSR count). The second kappa shape index (κ2) is 11.3. The van der Waals surface area contributed by atoms with Crippen molar-refractivity contribution in [3.05, 3.63) is 63.9 Å². The lowest BCUT2D eigenvalue weighted by molar-refractivity contribution is -0.126. The number of methoxy groups -OCH3 is 1. The van der Waals surface area contributed by atoms with E-state index >= 15 is 0 Å². The normalized spacial score (nSPS) is 14.3. The van der Waals surface area contributed by atoms with E-state index in [9.17, 15) is 4.79 Å². The summed E-state index contributed by atoms with van der Waals surface area (Å²) in [6.45, 7) is 0.279. The number of amides is 1. The van der Waals surface area contributed by atoms with Crippen molar-refractivity contribution in [1.29, 1.82) is 0 Å². The molecular weight excluding hydrogens is 479 g/mol. The van der Waals surface area contributed by atoms with E-state index in [0.29, 0.717) is 26.8 Å². The molecule has 6 nitrogen and oxygen atoms in total. The molecule has 0 spiro atoms. The zero-order chi connectivity index (χ0) is 23.2. The molecule has 1 aliphatic carbocycles. The van der Waals surface area contributed by atoms with E-state index in [1.54, 1.807) is 19.2 Å². The number of benzene rings is 2. The van der Waals surface area contributed by atoms with Gasteiger partial charge in [-0.2, -0.15) is 0 Å². The predicted octanol–water partition coefficient (Wildman–Crippen LogP) is 6.07. The number of carbonyl (C=O) groups excluding carboxylic acids is 1. The zero-order valence-electron chi connectivity index (χ0n) is 18.4. The second-order valence-corrected chi connectivity index (χ2v) is 9.81. The van der Waals surface area contributed by atoms with Crippen molar-refractivity contribution >= 4 is 40.9 Å². The summed E-state index contributed by atoms with van der Waals surface area (Å²) in [6.07, 6.45) is 5.33. The molecule has 1 aromatic heterocycles. The molecule has 0 atom stereocenters. The van der Waals surface area contributed by atoms with Gasteiger partial charge in [-0.05, 0) is 48.7 Å². The number of carbonyl (C=O) groups is 1. The number of ether oxygens (including phenoxy) is 1. The second-order valence-electron chi connectivity index (χ2n) is 8.02. The molecule has 1 saturated carbocycles. The molecule has 0 radical (unpaired) electrons. The summed E-state index contributed by atoms with van der Waals surface area (Å²) >= 11 is 14.2. The van der Waals surface area contributed by atoms with E-state index < -0.39 is 0 Å². The Hall–Kier alpha value is -2.22. The lowest BCUT2D eigenvalue weighted by Crippen LogP contribution is -2.32. The first-order valence-corrected chi connectivity index (χ1v) is 12.7. The third-order valence-corrected chi connectivity index (χ3v) is 7.29. The molecule has 174 valence electrons. The Morgan fingerprint density at radius 2 is 1.97 bits per heavy atom. The van der Waals surface area contributed by atoms with Crippen molar-refractivity contribution in [3.63, 3.8) is 0 Å². The highest BCUT2D eigenvalue weighted by atomic mass is 35.5. The Balaban J connectivity index is 1.56.